The number of nitrogens with zero attached hydrogens (tertiary/aromatic N) is 3. The zero-order valence-electron chi connectivity index (χ0n) is 14.0. The maximum atomic E-state index is 4.35. The molecule has 2 aromatic rings. The van der Waals surface area contributed by atoms with E-state index in [1.807, 2.05) is 30.8 Å². The molecule has 1 aliphatic rings. The van der Waals surface area contributed by atoms with E-state index in [0.29, 0.717) is 6.04 Å². The predicted octanol–water partition coefficient (Wildman–Crippen LogP) is 3.47. The molecule has 1 fully saturated rings. The van der Waals surface area contributed by atoms with Crippen molar-refractivity contribution in [2.45, 2.75) is 32.4 Å². The molecule has 0 atom stereocenters. The number of piperidine rings is 1. The van der Waals surface area contributed by atoms with Gasteiger partial charge in [-0.3, -0.25) is 4.99 Å². The van der Waals surface area contributed by atoms with Crippen LogP contribution in [-0.2, 0) is 6.54 Å². The highest BCUT2D eigenvalue weighted by Gasteiger charge is 2.20. The Hall–Kier alpha value is -0.870. The number of rotatable bonds is 4. The number of thiophene rings is 1. The maximum Gasteiger partial charge on any atom is 0.191 e. The monoisotopic (exact) mass is 477 g/mol. The van der Waals surface area contributed by atoms with Crippen LogP contribution in [0.4, 0.5) is 5.00 Å². The number of nitrogens with one attached hydrogen (secondary N) is 2. The van der Waals surface area contributed by atoms with E-state index in [0.717, 1.165) is 44.1 Å². The van der Waals surface area contributed by atoms with E-state index >= 15 is 0 Å². The molecule has 0 saturated carbocycles. The second-order valence-electron chi connectivity index (χ2n) is 5.64. The van der Waals surface area contributed by atoms with Crippen molar-refractivity contribution in [3.63, 3.8) is 0 Å². The fraction of sp³-hybridized carbons (Fsp3) is 0.500. The zero-order chi connectivity index (χ0) is 16.1. The van der Waals surface area contributed by atoms with E-state index < -0.39 is 0 Å². The van der Waals surface area contributed by atoms with E-state index in [9.17, 15) is 0 Å². The molecule has 3 heterocycles. The van der Waals surface area contributed by atoms with Gasteiger partial charge in [-0.2, -0.15) is 0 Å². The fourth-order valence-corrected chi connectivity index (χ4v) is 4.24. The molecule has 5 nitrogen and oxygen atoms in total. The van der Waals surface area contributed by atoms with Crippen LogP contribution in [0.2, 0.25) is 0 Å². The van der Waals surface area contributed by atoms with Gasteiger partial charge in [-0.25, -0.2) is 4.98 Å². The first kappa shape index (κ1) is 19.5. The van der Waals surface area contributed by atoms with Gasteiger partial charge >= 0.3 is 0 Å². The number of halogens is 1. The lowest BCUT2D eigenvalue weighted by Gasteiger charge is -2.33. The van der Waals surface area contributed by atoms with Gasteiger partial charge in [0.05, 0.1) is 22.8 Å². The average molecular weight is 477 g/mol. The van der Waals surface area contributed by atoms with Gasteiger partial charge in [-0.05, 0) is 37.3 Å². The van der Waals surface area contributed by atoms with Crippen LogP contribution >= 0.6 is 46.7 Å². The van der Waals surface area contributed by atoms with E-state index in [1.54, 1.807) is 11.3 Å². The molecule has 0 unspecified atom stereocenters. The van der Waals surface area contributed by atoms with Crippen LogP contribution in [0.3, 0.4) is 0 Å². The number of thiazole rings is 1. The molecule has 132 valence electrons. The van der Waals surface area contributed by atoms with Crippen LogP contribution in [0.15, 0.2) is 28.0 Å². The number of aliphatic imine (C=N–C) groups is 1. The minimum atomic E-state index is 0. The standard InChI is InChI=1S/C16H23N5S2.HI/c1-12-14(23-11-19-12)10-18-16(17-2)20-13-5-7-21(8-6-13)15-4-3-9-22-15;/h3-4,9,11,13H,5-8,10H2,1-2H3,(H2,17,18,20);1H. The Morgan fingerprint density at radius 2 is 2.17 bits per heavy atom. The first-order valence-corrected chi connectivity index (χ1v) is 9.67. The summed E-state index contributed by atoms with van der Waals surface area (Å²) in [7, 11) is 1.83. The second kappa shape index (κ2) is 9.57. The molecule has 0 radical (unpaired) electrons. The number of hydrogen-bond donors (Lipinski definition) is 2. The molecule has 0 aromatic carbocycles. The average Bonchev–Trinajstić information content (AvgIpc) is 3.24. The van der Waals surface area contributed by atoms with Crippen LogP contribution < -0.4 is 15.5 Å². The molecule has 2 N–H and O–H groups in total. The van der Waals surface area contributed by atoms with Gasteiger partial charge in [-0.1, -0.05) is 0 Å². The highest BCUT2D eigenvalue weighted by atomic mass is 127. The van der Waals surface area contributed by atoms with E-state index in [-0.39, 0.29) is 24.0 Å². The van der Waals surface area contributed by atoms with Crippen molar-refractivity contribution >= 4 is 57.6 Å². The highest BCUT2D eigenvalue weighted by molar-refractivity contribution is 14.0. The summed E-state index contributed by atoms with van der Waals surface area (Å²) in [5.41, 5.74) is 2.99. The topological polar surface area (TPSA) is 52.6 Å². The Morgan fingerprint density at radius 3 is 2.75 bits per heavy atom. The summed E-state index contributed by atoms with van der Waals surface area (Å²) in [6.45, 7) is 5.03. The van der Waals surface area contributed by atoms with E-state index in [1.165, 1.54) is 9.88 Å². The van der Waals surface area contributed by atoms with Crippen molar-refractivity contribution in [2.75, 3.05) is 25.0 Å². The molecule has 1 aliphatic heterocycles. The smallest absolute Gasteiger partial charge is 0.191 e. The van der Waals surface area contributed by atoms with Crippen LogP contribution in [0, 0.1) is 6.92 Å². The Balaban J connectivity index is 0.00000208. The molecule has 24 heavy (non-hydrogen) atoms. The lowest BCUT2D eigenvalue weighted by atomic mass is 10.1. The normalized spacial score (nSPS) is 15.9. The third kappa shape index (κ3) is 5.06. The summed E-state index contributed by atoms with van der Waals surface area (Å²) in [5, 5.41) is 10.5. The first-order chi connectivity index (χ1) is 11.3. The molecule has 0 spiro atoms. The molecule has 0 amide bonds. The summed E-state index contributed by atoms with van der Waals surface area (Å²) in [4.78, 5) is 12.4. The van der Waals surface area contributed by atoms with Crippen molar-refractivity contribution < 1.29 is 0 Å². The summed E-state index contributed by atoms with van der Waals surface area (Å²) >= 11 is 3.51. The Labute approximate surface area is 168 Å². The second-order valence-corrected chi connectivity index (χ2v) is 7.51. The number of aryl methyl sites for hydroxylation is 1. The van der Waals surface area contributed by atoms with Crippen LogP contribution in [0.1, 0.15) is 23.4 Å². The first-order valence-electron chi connectivity index (χ1n) is 7.91. The Bertz CT molecular complexity index is 633. The van der Waals surface area contributed by atoms with Gasteiger partial charge in [0.2, 0.25) is 0 Å². The molecule has 0 bridgehead atoms. The lowest BCUT2D eigenvalue weighted by molar-refractivity contribution is 0.463. The van der Waals surface area contributed by atoms with Crippen molar-refractivity contribution in [3.8, 4) is 0 Å². The number of anilines is 1. The van der Waals surface area contributed by atoms with Gasteiger partial charge in [0.15, 0.2) is 5.96 Å². The molecule has 1 saturated heterocycles. The highest BCUT2D eigenvalue weighted by Crippen LogP contribution is 2.24. The van der Waals surface area contributed by atoms with Crippen molar-refractivity contribution in [3.05, 3.63) is 33.6 Å². The van der Waals surface area contributed by atoms with Crippen molar-refractivity contribution in [1.82, 2.24) is 15.6 Å². The molecule has 8 heteroatoms. The summed E-state index contributed by atoms with van der Waals surface area (Å²) in [5.74, 6) is 0.882. The zero-order valence-corrected chi connectivity index (χ0v) is 18.0. The Kier molecular flexibility index (Phi) is 7.76. The van der Waals surface area contributed by atoms with Gasteiger partial charge in [0.25, 0.3) is 0 Å². The van der Waals surface area contributed by atoms with Gasteiger partial charge in [0.1, 0.15) is 0 Å². The third-order valence-electron chi connectivity index (χ3n) is 4.14. The van der Waals surface area contributed by atoms with Crippen molar-refractivity contribution in [1.29, 1.82) is 0 Å². The van der Waals surface area contributed by atoms with Gasteiger partial charge in [-0.15, -0.1) is 46.7 Å². The fourth-order valence-electron chi connectivity index (χ4n) is 2.74. The third-order valence-corrected chi connectivity index (χ3v) is 6.00. The summed E-state index contributed by atoms with van der Waals surface area (Å²) < 4.78 is 0. The largest absolute Gasteiger partial charge is 0.363 e. The molecule has 0 aliphatic carbocycles. The quantitative estimate of drug-likeness (QED) is 0.403. The van der Waals surface area contributed by atoms with Crippen LogP contribution in [0.5, 0.6) is 0 Å². The number of hydrogen-bond acceptors (Lipinski definition) is 5. The van der Waals surface area contributed by atoms with E-state index in [2.05, 4.69) is 43.0 Å². The molecule has 3 rings (SSSR count). The van der Waals surface area contributed by atoms with Gasteiger partial charge < -0.3 is 15.5 Å². The van der Waals surface area contributed by atoms with Crippen LogP contribution in [0.25, 0.3) is 0 Å². The van der Waals surface area contributed by atoms with Crippen LogP contribution in [-0.4, -0.2) is 37.1 Å². The maximum absolute atomic E-state index is 4.35. The summed E-state index contributed by atoms with van der Waals surface area (Å²) in [6.07, 6.45) is 2.27. The molecule has 2 aromatic heterocycles. The number of aromatic nitrogens is 1. The SMILES string of the molecule is CN=C(NCc1scnc1C)NC1CCN(c2cccs2)CC1.I. The lowest BCUT2D eigenvalue weighted by Crippen LogP contribution is -2.48. The minimum Gasteiger partial charge on any atom is -0.363 e. The van der Waals surface area contributed by atoms with Gasteiger partial charge in [0, 0.05) is 31.1 Å². The number of guanidine groups is 1. The molecular formula is C16H24IN5S2. The Morgan fingerprint density at radius 1 is 1.38 bits per heavy atom. The molecular weight excluding hydrogens is 453 g/mol. The predicted molar refractivity (Wildman–Crippen MR) is 115 cm³/mol. The summed E-state index contributed by atoms with van der Waals surface area (Å²) in [6, 6.07) is 4.81. The van der Waals surface area contributed by atoms with E-state index in [4.69, 9.17) is 0 Å². The van der Waals surface area contributed by atoms with Crippen molar-refractivity contribution in [2.24, 2.45) is 4.99 Å². The minimum absolute atomic E-state index is 0.